The summed E-state index contributed by atoms with van der Waals surface area (Å²) in [4.78, 5) is 10.6. The average molecular weight is 242 g/mol. The van der Waals surface area contributed by atoms with E-state index >= 15 is 0 Å². The summed E-state index contributed by atoms with van der Waals surface area (Å²) in [6.07, 6.45) is 2.75. The van der Waals surface area contributed by atoms with Crippen LogP contribution in [-0.4, -0.2) is 11.1 Å². The number of carbonyl (C=O) groups is 1. The Bertz CT molecular complexity index is 725. The van der Waals surface area contributed by atoms with Gasteiger partial charge in [-0.1, -0.05) is 0 Å². The van der Waals surface area contributed by atoms with E-state index in [2.05, 4.69) is 0 Å². The van der Waals surface area contributed by atoms with Crippen LogP contribution >= 0.6 is 0 Å². The normalized spacial score (nSPS) is 12.4. The molecule has 0 unspecified atom stereocenters. The number of hydrogen-bond acceptors (Lipinski definition) is 3. The molecule has 0 saturated carbocycles. The minimum Gasteiger partial charge on any atom is -0.478 e. The maximum atomic E-state index is 10.6. The highest BCUT2D eigenvalue weighted by atomic mass is 16.4. The Labute approximate surface area is 102 Å². The van der Waals surface area contributed by atoms with Crippen molar-refractivity contribution in [1.82, 2.24) is 0 Å². The van der Waals surface area contributed by atoms with Gasteiger partial charge in [-0.05, 0) is 30.7 Å². The largest absolute Gasteiger partial charge is 0.478 e. The Morgan fingerprint density at radius 2 is 2.06 bits per heavy atom. The van der Waals surface area contributed by atoms with Crippen LogP contribution in [0.1, 0.15) is 12.7 Å². The van der Waals surface area contributed by atoms with Crippen molar-refractivity contribution in [2.45, 2.75) is 6.92 Å². The number of benzene rings is 1. The second-order valence-electron chi connectivity index (χ2n) is 4.12. The van der Waals surface area contributed by atoms with Gasteiger partial charge in [0, 0.05) is 22.9 Å². The van der Waals surface area contributed by atoms with Crippen molar-refractivity contribution in [2.75, 3.05) is 0 Å². The first-order valence-corrected chi connectivity index (χ1v) is 5.46. The summed E-state index contributed by atoms with van der Waals surface area (Å²) >= 11 is 0. The summed E-state index contributed by atoms with van der Waals surface area (Å²) in [5, 5.41) is 10.6. The molecule has 4 nitrogen and oxygen atoms in total. The summed E-state index contributed by atoms with van der Waals surface area (Å²) in [6, 6.07) is 7.47. The molecule has 0 aliphatic rings. The molecular formula is C14H10O4. The smallest absolute Gasteiger partial charge is 0.328 e. The third-order valence-electron chi connectivity index (χ3n) is 2.82. The lowest BCUT2D eigenvalue weighted by Crippen LogP contribution is -1.88. The van der Waals surface area contributed by atoms with Gasteiger partial charge in [0.2, 0.25) is 0 Å². The molecule has 2 heterocycles. The number of furan rings is 2. The van der Waals surface area contributed by atoms with E-state index in [0.29, 0.717) is 16.9 Å². The Balaban J connectivity index is 2.18. The highest BCUT2D eigenvalue weighted by molar-refractivity contribution is 5.96. The van der Waals surface area contributed by atoms with Crippen LogP contribution in [0.4, 0.5) is 0 Å². The van der Waals surface area contributed by atoms with Crippen molar-refractivity contribution >= 4 is 33.5 Å². The van der Waals surface area contributed by atoms with Crippen LogP contribution in [-0.2, 0) is 4.79 Å². The van der Waals surface area contributed by atoms with Gasteiger partial charge in [-0.3, -0.25) is 0 Å². The molecule has 0 bridgehead atoms. The highest BCUT2D eigenvalue weighted by Gasteiger charge is 2.09. The fourth-order valence-corrected chi connectivity index (χ4v) is 1.95. The van der Waals surface area contributed by atoms with Crippen molar-refractivity contribution in [3.8, 4) is 0 Å². The molecule has 0 aliphatic heterocycles. The van der Waals surface area contributed by atoms with E-state index < -0.39 is 5.97 Å². The zero-order valence-electron chi connectivity index (χ0n) is 9.64. The standard InChI is InChI=1S/C14H10O4/c1-8(4-14(15)16)11-6-10-5-9-2-3-17-12(9)7-13(10)18-11/h2-7H,1H3,(H,15,16)/b8-4+. The van der Waals surface area contributed by atoms with Gasteiger partial charge in [-0.15, -0.1) is 0 Å². The maximum Gasteiger partial charge on any atom is 0.328 e. The molecule has 4 heteroatoms. The van der Waals surface area contributed by atoms with Gasteiger partial charge in [0.25, 0.3) is 0 Å². The van der Waals surface area contributed by atoms with Gasteiger partial charge in [-0.25, -0.2) is 4.79 Å². The maximum absolute atomic E-state index is 10.6. The van der Waals surface area contributed by atoms with Crippen molar-refractivity contribution in [3.05, 3.63) is 42.4 Å². The number of hydrogen-bond donors (Lipinski definition) is 1. The molecule has 0 amide bonds. The molecule has 0 saturated heterocycles. The van der Waals surface area contributed by atoms with Gasteiger partial charge in [0.05, 0.1) is 6.26 Å². The Morgan fingerprint density at radius 3 is 2.83 bits per heavy atom. The van der Waals surface area contributed by atoms with Crippen molar-refractivity contribution in [1.29, 1.82) is 0 Å². The van der Waals surface area contributed by atoms with E-state index in [0.717, 1.165) is 22.4 Å². The zero-order chi connectivity index (χ0) is 12.7. The van der Waals surface area contributed by atoms with Crippen LogP contribution in [0.2, 0.25) is 0 Å². The molecule has 3 aromatic rings. The fourth-order valence-electron chi connectivity index (χ4n) is 1.95. The van der Waals surface area contributed by atoms with Crippen LogP contribution < -0.4 is 0 Å². The highest BCUT2D eigenvalue weighted by Crippen LogP contribution is 2.29. The molecule has 1 N–H and O–H groups in total. The topological polar surface area (TPSA) is 63.6 Å². The summed E-state index contributed by atoms with van der Waals surface area (Å²) in [5.41, 5.74) is 2.02. The van der Waals surface area contributed by atoms with Crippen LogP contribution in [0.25, 0.3) is 27.5 Å². The SMILES string of the molecule is C/C(=C\C(=O)O)c1cc2cc3ccoc3cc2o1. The third kappa shape index (κ3) is 1.68. The molecule has 90 valence electrons. The van der Waals surface area contributed by atoms with Gasteiger partial charge < -0.3 is 13.9 Å². The van der Waals surface area contributed by atoms with E-state index in [1.165, 1.54) is 0 Å². The average Bonchev–Trinajstić information content (AvgIpc) is 2.88. The fraction of sp³-hybridized carbons (Fsp3) is 0.0714. The van der Waals surface area contributed by atoms with E-state index in [4.69, 9.17) is 13.9 Å². The van der Waals surface area contributed by atoms with Crippen LogP contribution in [0.15, 0.2) is 45.4 Å². The molecule has 18 heavy (non-hydrogen) atoms. The third-order valence-corrected chi connectivity index (χ3v) is 2.82. The minimum atomic E-state index is -0.985. The summed E-state index contributed by atoms with van der Waals surface area (Å²) in [5.74, 6) is -0.429. The summed E-state index contributed by atoms with van der Waals surface area (Å²) in [6.45, 7) is 1.70. The van der Waals surface area contributed by atoms with Gasteiger partial charge >= 0.3 is 5.97 Å². The summed E-state index contributed by atoms with van der Waals surface area (Å²) in [7, 11) is 0. The quantitative estimate of drug-likeness (QED) is 0.696. The predicted octanol–water partition coefficient (Wildman–Crippen LogP) is 3.67. The first-order chi connectivity index (χ1) is 8.63. The molecular weight excluding hydrogens is 232 g/mol. The number of aliphatic carboxylic acids is 1. The van der Waals surface area contributed by atoms with Crippen LogP contribution in [0, 0.1) is 0 Å². The van der Waals surface area contributed by atoms with E-state index in [9.17, 15) is 4.79 Å². The molecule has 2 aromatic heterocycles. The lowest BCUT2D eigenvalue weighted by molar-refractivity contribution is -0.131. The molecule has 1 aromatic carbocycles. The van der Waals surface area contributed by atoms with Crippen LogP contribution in [0.3, 0.4) is 0 Å². The van der Waals surface area contributed by atoms with Crippen molar-refractivity contribution < 1.29 is 18.7 Å². The molecule has 0 atom stereocenters. The lowest BCUT2D eigenvalue weighted by Gasteiger charge is -1.92. The number of carboxylic acids is 1. The van der Waals surface area contributed by atoms with Crippen molar-refractivity contribution in [3.63, 3.8) is 0 Å². The molecule has 0 aliphatic carbocycles. The minimum absolute atomic E-state index is 0.556. The number of rotatable bonds is 2. The molecule has 0 fully saturated rings. The van der Waals surface area contributed by atoms with Crippen LogP contribution in [0.5, 0.6) is 0 Å². The first-order valence-electron chi connectivity index (χ1n) is 5.46. The van der Waals surface area contributed by atoms with Gasteiger partial charge in [0.15, 0.2) is 0 Å². The van der Waals surface area contributed by atoms with E-state index in [1.807, 2.05) is 24.3 Å². The Morgan fingerprint density at radius 1 is 1.22 bits per heavy atom. The number of fused-ring (bicyclic) bond motifs is 2. The second-order valence-corrected chi connectivity index (χ2v) is 4.12. The molecule has 0 spiro atoms. The van der Waals surface area contributed by atoms with Gasteiger partial charge in [-0.2, -0.15) is 0 Å². The van der Waals surface area contributed by atoms with Gasteiger partial charge in [0.1, 0.15) is 16.9 Å². The number of carboxylic acid groups (broad SMARTS) is 1. The number of allylic oxidation sites excluding steroid dienone is 1. The Hall–Kier alpha value is -2.49. The zero-order valence-corrected chi connectivity index (χ0v) is 9.64. The Kier molecular flexibility index (Phi) is 2.23. The second kappa shape index (κ2) is 3.77. The first kappa shape index (κ1) is 10.7. The van der Waals surface area contributed by atoms with Crippen molar-refractivity contribution in [2.24, 2.45) is 0 Å². The lowest BCUT2D eigenvalue weighted by atomic mass is 10.1. The molecule has 3 rings (SSSR count). The monoisotopic (exact) mass is 242 g/mol. The molecule has 0 radical (unpaired) electrons. The summed E-state index contributed by atoms with van der Waals surface area (Å²) < 4.78 is 10.9. The van der Waals surface area contributed by atoms with E-state index in [1.54, 1.807) is 13.2 Å². The predicted molar refractivity (Wildman–Crippen MR) is 67.3 cm³/mol. The van der Waals surface area contributed by atoms with E-state index in [-0.39, 0.29) is 0 Å².